The van der Waals surface area contributed by atoms with Crippen LogP contribution in [-0.2, 0) is 13.0 Å². The third-order valence-corrected chi connectivity index (χ3v) is 3.99. The molecule has 0 saturated heterocycles. The molecule has 2 aromatic rings. The van der Waals surface area contributed by atoms with Crippen molar-refractivity contribution in [2.24, 2.45) is 0 Å². The van der Waals surface area contributed by atoms with Gasteiger partial charge in [-0.3, -0.25) is 0 Å². The van der Waals surface area contributed by atoms with E-state index in [1.54, 1.807) is 7.11 Å². The van der Waals surface area contributed by atoms with Crippen LogP contribution >= 0.6 is 11.6 Å². The van der Waals surface area contributed by atoms with Gasteiger partial charge in [-0.15, -0.1) is 0 Å². The molecule has 0 aliphatic rings. The second kappa shape index (κ2) is 8.06. The third-order valence-electron chi connectivity index (χ3n) is 3.62. The number of aryl methyl sites for hydroxylation is 1. The number of benzene rings is 2. The maximum absolute atomic E-state index is 6.16. The first-order valence-corrected chi connectivity index (χ1v) is 7.66. The number of nitrogens with one attached hydrogen (secondary N) is 1. The lowest BCUT2D eigenvalue weighted by molar-refractivity contribution is 0.414. The van der Waals surface area contributed by atoms with E-state index in [1.165, 1.54) is 5.56 Å². The van der Waals surface area contributed by atoms with E-state index in [1.807, 2.05) is 30.3 Å². The predicted molar refractivity (Wildman–Crippen MR) is 89.1 cm³/mol. The average molecular weight is 304 g/mol. The summed E-state index contributed by atoms with van der Waals surface area (Å²) in [5.41, 5.74) is 2.48. The standard InChI is InChI=1S/C18H22ClNO/c1-14(20-13-16-5-3-4-6-18(16)19)7-8-15-9-11-17(21-2)12-10-15/h3-6,9-12,14,20H,7-8,13H2,1-2H3. The molecule has 0 radical (unpaired) electrons. The van der Waals surface area contributed by atoms with Crippen molar-refractivity contribution in [3.63, 3.8) is 0 Å². The van der Waals surface area contributed by atoms with E-state index in [0.29, 0.717) is 6.04 Å². The molecular formula is C18H22ClNO. The lowest BCUT2D eigenvalue weighted by atomic mass is 10.1. The summed E-state index contributed by atoms with van der Waals surface area (Å²) in [7, 11) is 1.69. The first-order chi connectivity index (χ1) is 10.2. The number of halogens is 1. The highest BCUT2D eigenvalue weighted by Gasteiger charge is 2.04. The summed E-state index contributed by atoms with van der Waals surface area (Å²) in [6.07, 6.45) is 2.15. The molecule has 0 aliphatic heterocycles. The van der Waals surface area contributed by atoms with Crippen molar-refractivity contribution in [3.05, 3.63) is 64.7 Å². The van der Waals surface area contributed by atoms with Gasteiger partial charge >= 0.3 is 0 Å². The second-order valence-electron chi connectivity index (χ2n) is 5.26. The molecule has 21 heavy (non-hydrogen) atoms. The third kappa shape index (κ3) is 5.07. The number of hydrogen-bond donors (Lipinski definition) is 1. The molecule has 2 rings (SSSR count). The molecule has 0 aromatic heterocycles. The van der Waals surface area contributed by atoms with Crippen LogP contribution in [0.5, 0.6) is 5.75 Å². The van der Waals surface area contributed by atoms with Gasteiger partial charge in [0.05, 0.1) is 7.11 Å². The fourth-order valence-corrected chi connectivity index (χ4v) is 2.41. The summed E-state index contributed by atoms with van der Waals surface area (Å²) in [5, 5.41) is 4.35. The summed E-state index contributed by atoms with van der Waals surface area (Å²) >= 11 is 6.16. The Bertz CT molecular complexity index is 553. The van der Waals surface area contributed by atoms with Crippen molar-refractivity contribution in [1.82, 2.24) is 5.32 Å². The van der Waals surface area contributed by atoms with Crippen LogP contribution in [0, 0.1) is 0 Å². The minimum Gasteiger partial charge on any atom is -0.497 e. The van der Waals surface area contributed by atoms with Crippen molar-refractivity contribution in [2.45, 2.75) is 32.4 Å². The number of methoxy groups -OCH3 is 1. The van der Waals surface area contributed by atoms with Crippen LogP contribution in [0.15, 0.2) is 48.5 Å². The fourth-order valence-electron chi connectivity index (χ4n) is 2.20. The summed E-state index contributed by atoms with van der Waals surface area (Å²) in [4.78, 5) is 0. The van der Waals surface area contributed by atoms with Crippen LogP contribution < -0.4 is 10.1 Å². The molecule has 0 spiro atoms. The van der Waals surface area contributed by atoms with Gasteiger partial charge in [0.15, 0.2) is 0 Å². The molecule has 0 amide bonds. The molecule has 2 aromatic carbocycles. The second-order valence-corrected chi connectivity index (χ2v) is 5.67. The molecule has 3 heteroatoms. The molecule has 0 saturated carbocycles. The smallest absolute Gasteiger partial charge is 0.118 e. The number of ether oxygens (including phenoxy) is 1. The molecule has 1 atom stereocenters. The van der Waals surface area contributed by atoms with Gasteiger partial charge in [-0.2, -0.15) is 0 Å². The summed E-state index contributed by atoms with van der Waals surface area (Å²) in [6.45, 7) is 3.02. The minimum absolute atomic E-state index is 0.448. The topological polar surface area (TPSA) is 21.3 Å². The zero-order valence-electron chi connectivity index (χ0n) is 12.6. The highest BCUT2D eigenvalue weighted by atomic mass is 35.5. The van der Waals surface area contributed by atoms with Gasteiger partial charge in [0.25, 0.3) is 0 Å². The van der Waals surface area contributed by atoms with Gasteiger partial charge in [0, 0.05) is 17.6 Å². The Kier molecular flexibility index (Phi) is 6.09. The largest absolute Gasteiger partial charge is 0.497 e. The maximum Gasteiger partial charge on any atom is 0.118 e. The predicted octanol–water partition coefficient (Wildman–Crippen LogP) is 4.46. The van der Waals surface area contributed by atoms with Crippen molar-refractivity contribution >= 4 is 11.6 Å². The monoisotopic (exact) mass is 303 g/mol. The van der Waals surface area contributed by atoms with Crippen molar-refractivity contribution in [2.75, 3.05) is 7.11 Å². The molecule has 1 unspecified atom stereocenters. The molecule has 0 heterocycles. The summed E-state index contributed by atoms with van der Waals surface area (Å²) in [6, 6.07) is 16.7. The van der Waals surface area contributed by atoms with Crippen molar-refractivity contribution in [3.8, 4) is 5.75 Å². The minimum atomic E-state index is 0.448. The summed E-state index contributed by atoms with van der Waals surface area (Å²) in [5.74, 6) is 0.906. The first-order valence-electron chi connectivity index (χ1n) is 7.29. The quantitative estimate of drug-likeness (QED) is 0.815. The zero-order valence-corrected chi connectivity index (χ0v) is 13.4. The Morgan fingerprint density at radius 3 is 2.48 bits per heavy atom. The van der Waals surface area contributed by atoms with E-state index >= 15 is 0 Å². The average Bonchev–Trinajstić information content (AvgIpc) is 2.52. The Balaban J connectivity index is 1.76. The SMILES string of the molecule is COc1ccc(CCC(C)NCc2ccccc2Cl)cc1. The van der Waals surface area contributed by atoms with Crippen LogP contribution in [0.1, 0.15) is 24.5 Å². The normalized spacial score (nSPS) is 12.1. The molecule has 2 nitrogen and oxygen atoms in total. The van der Waals surface area contributed by atoms with E-state index in [2.05, 4.69) is 30.4 Å². The first kappa shape index (κ1) is 15.9. The van der Waals surface area contributed by atoms with Crippen LogP contribution in [-0.4, -0.2) is 13.2 Å². The highest BCUT2D eigenvalue weighted by Crippen LogP contribution is 2.16. The van der Waals surface area contributed by atoms with Gasteiger partial charge < -0.3 is 10.1 Å². The highest BCUT2D eigenvalue weighted by molar-refractivity contribution is 6.31. The fraction of sp³-hybridized carbons (Fsp3) is 0.333. The van der Waals surface area contributed by atoms with E-state index < -0.39 is 0 Å². The molecule has 0 aliphatic carbocycles. The Morgan fingerprint density at radius 1 is 1.10 bits per heavy atom. The lowest BCUT2D eigenvalue weighted by Gasteiger charge is -2.14. The van der Waals surface area contributed by atoms with E-state index in [0.717, 1.165) is 35.7 Å². The van der Waals surface area contributed by atoms with Gasteiger partial charge in [-0.1, -0.05) is 41.9 Å². The van der Waals surface area contributed by atoms with Crippen LogP contribution in [0.2, 0.25) is 5.02 Å². The Morgan fingerprint density at radius 2 is 1.81 bits per heavy atom. The van der Waals surface area contributed by atoms with Gasteiger partial charge in [-0.25, -0.2) is 0 Å². The zero-order chi connectivity index (χ0) is 15.1. The molecule has 112 valence electrons. The van der Waals surface area contributed by atoms with Gasteiger partial charge in [0.1, 0.15) is 5.75 Å². The molecule has 0 bridgehead atoms. The van der Waals surface area contributed by atoms with Crippen LogP contribution in [0.4, 0.5) is 0 Å². The van der Waals surface area contributed by atoms with Crippen molar-refractivity contribution < 1.29 is 4.74 Å². The van der Waals surface area contributed by atoms with E-state index in [-0.39, 0.29) is 0 Å². The van der Waals surface area contributed by atoms with Crippen molar-refractivity contribution in [1.29, 1.82) is 0 Å². The van der Waals surface area contributed by atoms with Crippen LogP contribution in [0.25, 0.3) is 0 Å². The molecule has 1 N–H and O–H groups in total. The molecule has 0 fully saturated rings. The Labute approximate surface area is 132 Å². The van der Waals surface area contributed by atoms with Gasteiger partial charge in [-0.05, 0) is 49.1 Å². The van der Waals surface area contributed by atoms with E-state index in [9.17, 15) is 0 Å². The maximum atomic E-state index is 6.16. The summed E-state index contributed by atoms with van der Waals surface area (Å²) < 4.78 is 5.17. The number of hydrogen-bond acceptors (Lipinski definition) is 2. The van der Waals surface area contributed by atoms with E-state index in [4.69, 9.17) is 16.3 Å². The van der Waals surface area contributed by atoms with Gasteiger partial charge in [0.2, 0.25) is 0 Å². The lowest BCUT2D eigenvalue weighted by Crippen LogP contribution is -2.26. The molecular weight excluding hydrogens is 282 g/mol. The van der Waals surface area contributed by atoms with Crippen LogP contribution in [0.3, 0.4) is 0 Å². The number of rotatable bonds is 7. The Hall–Kier alpha value is -1.51.